The summed E-state index contributed by atoms with van der Waals surface area (Å²) >= 11 is 0. The summed E-state index contributed by atoms with van der Waals surface area (Å²) in [5, 5.41) is 3.20. The van der Waals surface area contributed by atoms with E-state index in [1.54, 1.807) is 6.92 Å². The molecule has 2 heterocycles. The predicted molar refractivity (Wildman–Crippen MR) is 51.0 cm³/mol. The molecule has 3 nitrogen and oxygen atoms in total. The highest BCUT2D eigenvalue weighted by Crippen LogP contribution is 2.29. The monoisotopic (exact) mass is 216 g/mol. The zero-order chi connectivity index (χ0) is 10.8. The van der Waals surface area contributed by atoms with E-state index in [4.69, 9.17) is 4.42 Å². The lowest BCUT2D eigenvalue weighted by Crippen LogP contribution is -2.28. The van der Waals surface area contributed by atoms with Crippen molar-refractivity contribution < 1.29 is 13.2 Å². The molecule has 0 aromatic carbocycles. The highest BCUT2D eigenvalue weighted by Gasteiger charge is 2.24. The molecule has 1 N–H and O–H groups in total. The van der Waals surface area contributed by atoms with Gasteiger partial charge in [0.1, 0.15) is 0 Å². The van der Waals surface area contributed by atoms with Gasteiger partial charge in [0, 0.05) is 12.5 Å². The summed E-state index contributed by atoms with van der Waals surface area (Å²) in [6, 6.07) is 0. The molecule has 1 aliphatic heterocycles. The van der Waals surface area contributed by atoms with Crippen molar-refractivity contribution in [2.24, 2.45) is 0 Å². The quantitative estimate of drug-likeness (QED) is 0.824. The lowest BCUT2D eigenvalue weighted by atomic mass is 10.00. The Morgan fingerprint density at radius 3 is 2.87 bits per heavy atom. The van der Waals surface area contributed by atoms with Gasteiger partial charge in [0.25, 0.3) is 6.43 Å². The van der Waals surface area contributed by atoms with Gasteiger partial charge in [0.05, 0.1) is 5.69 Å². The number of hydrogen-bond acceptors (Lipinski definition) is 3. The molecule has 1 aliphatic rings. The first-order chi connectivity index (χ1) is 7.18. The van der Waals surface area contributed by atoms with Gasteiger partial charge in [-0.2, -0.15) is 0 Å². The fraction of sp³-hybridized carbons (Fsp3) is 0.700. The lowest BCUT2D eigenvalue weighted by molar-refractivity contribution is 0.117. The Balaban J connectivity index is 2.17. The molecule has 5 heteroatoms. The Bertz CT molecular complexity index is 332. The number of rotatable bonds is 2. The second-order valence-corrected chi connectivity index (χ2v) is 3.85. The van der Waals surface area contributed by atoms with E-state index in [0.29, 0.717) is 11.6 Å². The van der Waals surface area contributed by atoms with Crippen LogP contribution in [-0.2, 0) is 0 Å². The average molecular weight is 216 g/mol. The summed E-state index contributed by atoms with van der Waals surface area (Å²) in [5.74, 6) is 0.315. The minimum absolute atomic E-state index is 0.143. The number of aryl methyl sites for hydroxylation is 1. The van der Waals surface area contributed by atoms with Gasteiger partial charge in [-0.05, 0) is 26.3 Å². The molecule has 1 aromatic rings. The summed E-state index contributed by atoms with van der Waals surface area (Å²) in [6.07, 6.45) is -0.575. The first-order valence-electron chi connectivity index (χ1n) is 5.14. The van der Waals surface area contributed by atoms with Gasteiger partial charge in [-0.3, -0.25) is 0 Å². The molecule has 0 saturated carbocycles. The Labute approximate surface area is 86.9 Å². The van der Waals surface area contributed by atoms with Crippen LogP contribution in [0.2, 0.25) is 0 Å². The van der Waals surface area contributed by atoms with Crippen molar-refractivity contribution in [2.75, 3.05) is 13.1 Å². The van der Waals surface area contributed by atoms with Crippen LogP contribution in [0.1, 0.15) is 42.5 Å². The first kappa shape index (κ1) is 10.5. The lowest BCUT2D eigenvalue weighted by Gasteiger charge is -2.19. The smallest absolute Gasteiger partial charge is 0.297 e. The van der Waals surface area contributed by atoms with Gasteiger partial charge in [0.2, 0.25) is 0 Å². The van der Waals surface area contributed by atoms with Crippen molar-refractivity contribution >= 4 is 0 Å². The number of piperidine rings is 1. The number of aromatic nitrogens is 1. The van der Waals surface area contributed by atoms with Crippen molar-refractivity contribution in [3.05, 3.63) is 17.3 Å². The van der Waals surface area contributed by atoms with Crippen LogP contribution in [0.5, 0.6) is 0 Å². The molecule has 0 bridgehead atoms. The number of nitrogens with one attached hydrogen (secondary N) is 1. The normalized spacial score (nSPS) is 22.3. The minimum atomic E-state index is -2.57. The predicted octanol–water partition coefficient (Wildman–Crippen LogP) is 2.39. The molecule has 84 valence electrons. The van der Waals surface area contributed by atoms with E-state index in [1.165, 1.54) is 0 Å². The van der Waals surface area contributed by atoms with Crippen LogP contribution in [0.15, 0.2) is 4.42 Å². The van der Waals surface area contributed by atoms with E-state index < -0.39 is 6.43 Å². The highest BCUT2D eigenvalue weighted by molar-refractivity contribution is 5.11. The van der Waals surface area contributed by atoms with Crippen LogP contribution in [-0.4, -0.2) is 18.1 Å². The number of nitrogens with zero attached hydrogens (tertiary/aromatic N) is 1. The maximum absolute atomic E-state index is 12.5. The van der Waals surface area contributed by atoms with Crippen LogP contribution >= 0.6 is 0 Å². The van der Waals surface area contributed by atoms with E-state index in [9.17, 15) is 8.78 Å². The van der Waals surface area contributed by atoms with E-state index in [1.807, 2.05) is 0 Å². The molecule has 1 fully saturated rings. The molecule has 0 spiro atoms. The molecule has 1 atom stereocenters. The van der Waals surface area contributed by atoms with Gasteiger partial charge in [0.15, 0.2) is 11.7 Å². The molecule has 1 saturated heterocycles. The molecule has 2 rings (SSSR count). The fourth-order valence-corrected chi connectivity index (χ4v) is 1.87. The van der Waals surface area contributed by atoms with E-state index in [2.05, 4.69) is 10.3 Å². The summed E-state index contributed by atoms with van der Waals surface area (Å²) < 4.78 is 30.0. The summed E-state index contributed by atoms with van der Waals surface area (Å²) in [4.78, 5) is 4.07. The third-order valence-electron chi connectivity index (χ3n) is 2.69. The molecule has 0 aliphatic carbocycles. The van der Waals surface area contributed by atoms with Crippen LogP contribution in [0.4, 0.5) is 8.78 Å². The van der Waals surface area contributed by atoms with Gasteiger partial charge < -0.3 is 9.73 Å². The topological polar surface area (TPSA) is 38.1 Å². The Kier molecular flexibility index (Phi) is 3.00. The number of alkyl halides is 2. The van der Waals surface area contributed by atoms with Gasteiger partial charge in [-0.15, -0.1) is 0 Å². The highest BCUT2D eigenvalue weighted by atomic mass is 19.3. The second-order valence-electron chi connectivity index (χ2n) is 3.85. The average Bonchev–Trinajstić information content (AvgIpc) is 2.62. The van der Waals surface area contributed by atoms with E-state index in [-0.39, 0.29) is 11.7 Å². The van der Waals surface area contributed by atoms with Crippen molar-refractivity contribution in [1.29, 1.82) is 0 Å². The molecule has 15 heavy (non-hydrogen) atoms. The van der Waals surface area contributed by atoms with E-state index in [0.717, 1.165) is 25.9 Å². The Hall–Kier alpha value is -0.970. The van der Waals surface area contributed by atoms with Crippen LogP contribution in [0, 0.1) is 6.92 Å². The molecular weight excluding hydrogens is 202 g/mol. The minimum Gasteiger partial charge on any atom is -0.439 e. The van der Waals surface area contributed by atoms with Crippen LogP contribution < -0.4 is 5.32 Å². The van der Waals surface area contributed by atoms with Gasteiger partial charge >= 0.3 is 0 Å². The van der Waals surface area contributed by atoms with Crippen LogP contribution in [0.25, 0.3) is 0 Å². The molecule has 1 aromatic heterocycles. The molecule has 0 amide bonds. The zero-order valence-corrected chi connectivity index (χ0v) is 8.59. The van der Waals surface area contributed by atoms with Crippen molar-refractivity contribution in [3.8, 4) is 0 Å². The van der Waals surface area contributed by atoms with Crippen LogP contribution in [0.3, 0.4) is 0 Å². The van der Waals surface area contributed by atoms with E-state index >= 15 is 0 Å². The molecular formula is C10H14F2N2O. The summed E-state index contributed by atoms with van der Waals surface area (Å²) in [5.41, 5.74) is 0.311. The Morgan fingerprint density at radius 1 is 1.53 bits per heavy atom. The molecule has 0 radical (unpaired) electrons. The first-order valence-corrected chi connectivity index (χ1v) is 5.14. The van der Waals surface area contributed by atoms with Crippen molar-refractivity contribution in [3.63, 3.8) is 0 Å². The maximum atomic E-state index is 12.5. The summed E-state index contributed by atoms with van der Waals surface area (Å²) in [6.45, 7) is 3.31. The standard InChI is InChI=1S/C10H14F2N2O/c1-6-8(9(11)12)15-10(14-6)7-3-2-4-13-5-7/h7,9,13H,2-5H2,1H3. The number of halogens is 2. The third-order valence-corrected chi connectivity index (χ3v) is 2.69. The third kappa shape index (κ3) is 2.17. The molecule has 1 unspecified atom stereocenters. The largest absolute Gasteiger partial charge is 0.439 e. The van der Waals surface area contributed by atoms with Crippen molar-refractivity contribution in [1.82, 2.24) is 10.3 Å². The SMILES string of the molecule is Cc1nc(C2CCCNC2)oc1C(F)F. The summed E-state index contributed by atoms with van der Waals surface area (Å²) in [7, 11) is 0. The fourth-order valence-electron chi connectivity index (χ4n) is 1.87. The second kappa shape index (κ2) is 4.26. The number of oxazole rings is 1. The maximum Gasteiger partial charge on any atom is 0.297 e. The Morgan fingerprint density at radius 2 is 2.33 bits per heavy atom. The number of hydrogen-bond donors (Lipinski definition) is 1. The zero-order valence-electron chi connectivity index (χ0n) is 8.59. The van der Waals surface area contributed by atoms with Gasteiger partial charge in [-0.25, -0.2) is 13.8 Å². The van der Waals surface area contributed by atoms with Crippen molar-refractivity contribution in [2.45, 2.75) is 32.1 Å². The van der Waals surface area contributed by atoms with Gasteiger partial charge in [-0.1, -0.05) is 0 Å².